The first-order chi connectivity index (χ1) is 14.2. The van der Waals surface area contributed by atoms with Crippen LogP contribution in [0.5, 0.6) is 0 Å². The zero-order valence-electron chi connectivity index (χ0n) is 16.5. The van der Waals surface area contributed by atoms with E-state index in [1.54, 1.807) is 6.20 Å². The molecule has 5 heteroatoms. The quantitative estimate of drug-likeness (QED) is 0.419. The highest BCUT2D eigenvalue weighted by atomic mass is 16.5. The average Bonchev–Trinajstić information content (AvgIpc) is 2.76. The van der Waals surface area contributed by atoms with Crippen LogP contribution in [0, 0.1) is 0 Å². The van der Waals surface area contributed by atoms with Crippen molar-refractivity contribution in [3.63, 3.8) is 0 Å². The standard InChI is InChI=1S/C24H24N4O/c1-26-12-14-27(15-13-26)21-8-6-20(7-9-21)25-23-10-11-28(29)24-17-19-5-3-2-4-18(19)16-22(23)24/h2-11,16-17,29H,12-15H2,1H3. The van der Waals surface area contributed by atoms with Gasteiger partial charge in [0.2, 0.25) is 0 Å². The van der Waals surface area contributed by atoms with E-state index in [1.165, 1.54) is 5.69 Å². The number of rotatable bonds is 2. The zero-order valence-corrected chi connectivity index (χ0v) is 16.5. The Labute approximate surface area is 169 Å². The largest absolute Gasteiger partial charge is 0.428 e. The summed E-state index contributed by atoms with van der Waals surface area (Å²) < 4.78 is 1.16. The van der Waals surface area contributed by atoms with Gasteiger partial charge in [-0.05, 0) is 60.3 Å². The van der Waals surface area contributed by atoms with E-state index in [1.807, 2.05) is 24.3 Å². The summed E-state index contributed by atoms with van der Waals surface area (Å²) in [4.78, 5) is 9.64. The van der Waals surface area contributed by atoms with Gasteiger partial charge in [-0.2, -0.15) is 4.73 Å². The molecule has 0 aliphatic carbocycles. The minimum atomic E-state index is 0.749. The topological polar surface area (TPSA) is 44.0 Å². The molecule has 1 N–H and O–H groups in total. The third kappa shape index (κ3) is 3.45. The van der Waals surface area contributed by atoms with Crippen LogP contribution >= 0.6 is 0 Å². The number of pyridine rings is 1. The Kier molecular flexibility index (Phi) is 4.45. The Bertz CT molecular complexity index is 1240. The second-order valence-corrected chi connectivity index (χ2v) is 7.68. The van der Waals surface area contributed by atoms with Crippen LogP contribution in [-0.2, 0) is 0 Å². The number of hydrogen-bond acceptors (Lipinski definition) is 4. The van der Waals surface area contributed by atoms with Crippen LogP contribution < -0.4 is 10.3 Å². The Hall–Kier alpha value is -3.31. The van der Waals surface area contributed by atoms with E-state index in [-0.39, 0.29) is 0 Å². The van der Waals surface area contributed by atoms with Gasteiger partial charge in [0.25, 0.3) is 0 Å². The number of likely N-dealkylation sites (N-methyl/N-ethyl adjacent to an activating group) is 1. The summed E-state index contributed by atoms with van der Waals surface area (Å²) in [5.74, 6) is 0. The van der Waals surface area contributed by atoms with E-state index in [0.29, 0.717) is 0 Å². The molecule has 2 heterocycles. The lowest BCUT2D eigenvalue weighted by Gasteiger charge is -2.34. The van der Waals surface area contributed by atoms with Crippen LogP contribution in [0.15, 0.2) is 77.9 Å². The van der Waals surface area contributed by atoms with Crippen molar-refractivity contribution >= 4 is 33.1 Å². The molecule has 0 radical (unpaired) electrons. The third-order valence-electron chi connectivity index (χ3n) is 5.73. The normalized spacial score (nSPS) is 16.0. The van der Waals surface area contributed by atoms with Gasteiger partial charge in [-0.3, -0.25) is 0 Å². The van der Waals surface area contributed by atoms with Crippen LogP contribution in [0.2, 0.25) is 0 Å². The maximum absolute atomic E-state index is 10.3. The fourth-order valence-corrected chi connectivity index (χ4v) is 3.97. The van der Waals surface area contributed by atoms with Crippen molar-refractivity contribution in [3.05, 3.63) is 78.3 Å². The fraction of sp³-hybridized carbons (Fsp3) is 0.208. The highest BCUT2D eigenvalue weighted by molar-refractivity contribution is 5.96. The molecule has 5 nitrogen and oxygen atoms in total. The summed E-state index contributed by atoms with van der Waals surface area (Å²) in [6.45, 7) is 4.30. The molecule has 1 aromatic heterocycles. The maximum atomic E-state index is 10.3. The second-order valence-electron chi connectivity index (χ2n) is 7.68. The number of nitrogens with zero attached hydrogens (tertiary/aromatic N) is 4. The van der Waals surface area contributed by atoms with Gasteiger partial charge in [-0.1, -0.05) is 24.3 Å². The van der Waals surface area contributed by atoms with E-state index < -0.39 is 0 Å². The molecule has 0 saturated carbocycles. The van der Waals surface area contributed by atoms with Crippen LogP contribution in [0.3, 0.4) is 0 Å². The summed E-state index contributed by atoms with van der Waals surface area (Å²) in [7, 11) is 2.17. The SMILES string of the molecule is CN1CCN(c2ccc(N=c3ccn(O)c4cc5ccccc5cc34)cc2)CC1. The third-order valence-corrected chi connectivity index (χ3v) is 5.73. The van der Waals surface area contributed by atoms with Gasteiger partial charge >= 0.3 is 0 Å². The zero-order chi connectivity index (χ0) is 19.8. The summed E-state index contributed by atoms with van der Waals surface area (Å²) in [6, 6.07) is 22.5. The van der Waals surface area contributed by atoms with E-state index in [2.05, 4.69) is 59.3 Å². The summed E-state index contributed by atoms with van der Waals surface area (Å²) in [5.41, 5.74) is 2.90. The predicted octanol–water partition coefficient (Wildman–Crippen LogP) is 4.02. The van der Waals surface area contributed by atoms with Crippen LogP contribution in [-0.4, -0.2) is 48.1 Å². The number of fused-ring (bicyclic) bond motifs is 2. The molecule has 29 heavy (non-hydrogen) atoms. The lowest BCUT2D eigenvalue weighted by atomic mass is 10.1. The lowest BCUT2D eigenvalue weighted by molar-refractivity contribution is 0.198. The maximum Gasteiger partial charge on any atom is 0.0892 e. The van der Waals surface area contributed by atoms with Crippen molar-refractivity contribution in [1.29, 1.82) is 0 Å². The summed E-state index contributed by atoms with van der Waals surface area (Å²) >= 11 is 0. The highest BCUT2D eigenvalue weighted by Gasteiger charge is 2.13. The fourth-order valence-electron chi connectivity index (χ4n) is 3.97. The number of anilines is 1. The minimum absolute atomic E-state index is 0.749. The first-order valence-electron chi connectivity index (χ1n) is 9.99. The van der Waals surface area contributed by atoms with Crippen LogP contribution in [0.1, 0.15) is 0 Å². The Morgan fingerprint density at radius 1 is 0.828 bits per heavy atom. The molecular weight excluding hydrogens is 360 g/mol. The molecular formula is C24H24N4O. The number of aromatic nitrogens is 1. The summed E-state index contributed by atoms with van der Waals surface area (Å²) in [6.07, 6.45) is 1.65. The van der Waals surface area contributed by atoms with E-state index in [0.717, 1.165) is 63.6 Å². The van der Waals surface area contributed by atoms with Gasteiger partial charge < -0.3 is 15.0 Å². The molecule has 4 aromatic rings. The molecule has 146 valence electrons. The molecule has 1 aliphatic heterocycles. The molecule has 3 aromatic carbocycles. The molecule has 0 spiro atoms. The minimum Gasteiger partial charge on any atom is -0.428 e. The molecule has 0 atom stereocenters. The molecule has 1 aliphatic rings. The Morgan fingerprint density at radius 3 is 2.24 bits per heavy atom. The van der Waals surface area contributed by atoms with Crippen LogP contribution in [0.4, 0.5) is 11.4 Å². The van der Waals surface area contributed by atoms with Crippen molar-refractivity contribution in [2.24, 2.45) is 4.99 Å². The van der Waals surface area contributed by atoms with Gasteiger partial charge in [0, 0.05) is 43.4 Å². The van der Waals surface area contributed by atoms with Gasteiger partial charge in [-0.15, -0.1) is 0 Å². The molecule has 5 rings (SSSR count). The van der Waals surface area contributed by atoms with Gasteiger partial charge in [0.15, 0.2) is 0 Å². The van der Waals surface area contributed by atoms with E-state index >= 15 is 0 Å². The molecule has 0 bridgehead atoms. The highest BCUT2D eigenvalue weighted by Crippen LogP contribution is 2.23. The number of hydrogen-bond donors (Lipinski definition) is 1. The van der Waals surface area contributed by atoms with Crippen LogP contribution in [0.25, 0.3) is 21.7 Å². The Balaban J connectivity index is 1.55. The smallest absolute Gasteiger partial charge is 0.0892 e. The van der Waals surface area contributed by atoms with E-state index in [9.17, 15) is 5.21 Å². The average molecular weight is 384 g/mol. The first-order valence-corrected chi connectivity index (χ1v) is 9.99. The summed E-state index contributed by atoms with van der Waals surface area (Å²) in [5, 5.41) is 14.3. The molecule has 0 unspecified atom stereocenters. The first kappa shape index (κ1) is 17.8. The van der Waals surface area contributed by atoms with Gasteiger partial charge in [0.1, 0.15) is 0 Å². The van der Waals surface area contributed by atoms with E-state index in [4.69, 9.17) is 4.99 Å². The lowest BCUT2D eigenvalue weighted by Crippen LogP contribution is -2.44. The number of benzene rings is 3. The number of piperazine rings is 1. The predicted molar refractivity (Wildman–Crippen MR) is 118 cm³/mol. The molecule has 0 amide bonds. The van der Waals surface area contributed by atoms with Crippen molar-refractivity contribution in [2.75, 3.05) is 38.1 Å². The second kappa shape index (κ2) is 7.26. The van der Waals surface area contributed by atoms with Gasteiger partial charge in [0.05, 0.1) is 16.6 Å². The monoisotopic (exact) mass is 384 g/mol. The molecule has 1 saturated heterocycles. The van der Waals surface area contributed by atoms with Crippen molar-refractivity contribution in [1.82, 2.24) is 9.63 Å². The Morgan fingerprint density at radius 2 is 1.52 bits per heavy atom. The molecule has 1 fully saturated rings. The van der Waals surface area contributed by atoms with Crippen molar-refractivity contribution in [2.45, 2.75) is 0 Å². The van der Waals surface area contributed by atoms with Crippen molar-refractivity contribution in [3.8, 4) is 0 Å². The van der Waals surface area contributed by atoms with Gasteiger partial charge in [-0.25, -0.2) is 4.99 Å². The van der Waals surface area contributed by atoms with Crippen molar-refractivity contribution < 1.29 is 5.21 Å².